The smallest absolute Gasteiger partial charge is 0.410 e. The van der Waals surface area contributed by atoms with Crippen LogP contribution in [0.4, 0.5) is 14.9 Å². The van der Waals surface area contributed by atoms with Crippen LogP contribution < -0.4 is 5.32 Å². The molecule has 4 rings (SSSR count). The first-order valence-corrected chi connectivity index (χ1v) is 11.3. The number of ether oxygens (including phenoxy) is 1. The van der Waals surface area contributed by atoms with Crippen LogP contribution in [0, 0.1) is 11.9 Å². The molecule has 2 atom stereocenters. The molecule has 0 radical (unpaired) electrons. The fraction of sp³-hybridized carbons (Fsp3) is 0.296. The van der Waals surface area contributed by atoms with Crippen LogP contribution in [0.5, 0.6) is 0 Å². The van der Waals surface area contributed by atoms with Crippen LogP contribution in [0.25, 0.3) is 11.1 Å². The molecule has 2 aromatic carbocycles. The van der Waals surface area contributed by atoms with Gasteiger partial charge in [-0.15, -0.1) is 0 Å². The minimum atomic E-state index is -0.616. The lowest BCUT2D eigenvalue weighted by Gasteiger charge is -2.24. The number of halogens is 1. The van der Waals surface area contributed by atoms with Crippen molar-refractivity contribution in [2.45, 2.75) is 32.3 Å². The number of anilines is 1. The Morgan fingerprint density at radius 1 is 1.00 bits per heavy atom. The van der Waals surface area contributed by atoms with Crippen LogP contribution >= 0.6 is 0 Å². The Balaban J connectivity index is 1.54. The third kappa shape index (κ3) is 5.60. The van der Waals surface area contributed by atoms with E-state index >= 15 is 0 Å². The SMILES string of the molecule is CC(C)(C)OC(=O)N1C[C@@H](C(=O)Nc2cccc(-c3ccc(F)nc3)c2)[C@H](c2ccccc2)C1. The van der Waals surface area contributed by atoms with Gasteiger partial charge in [0.1, 0.15) is 5.60 Å². The highest BCUT2D eigenvalue weighted by Crippen LogP contribution is 2.34. The van der Waals surface area contributed by atoms with E-state index in [2.05, 4.69) is 10.3 Å². The summed E-state index contributed by atoms with van der Waals surface area (Å²) in [6.07, 6.45) is 1.03. The Labute approximate surface area is 198 Å². The van der Waals surface area contributed by atoms with E-state index in [1.807, 2.05) is 69.3 Å². The first-order valence-electron chi connectivity index (χ1n) is 11.3. The molecule has 1 fully saturated rings. The first kappa shape index (κ1) is 23.4. The number of aromatic nitrogens is 1. The lowest BCUT2D eigenvalue weighted by molar-refractivity contribution is -0.119. The molecule has 1 saturated heterocycles. The number of pyridine rings is 1. The van der Waals surface area contributed by atoms with Gasteiger partial charge in [0.15, 0.2) is 0 Å². The maximum Gasteiger partial charge on any atom is 0.410 e. The number of hydrogen-bond donors (Lipinski definition) is 1. The van der Waals surface area contributed by atoms with Gasteiger partial charge in [-0.1, -0.05) is 42.5 Å². The minimum absolute atomic E-state index is 0.154. The third-order valence-electron chi connectivity index (χ3n) is 5.73. The summed E-state index contributed by atoms with van der Waals surface area (Å²) in [5, 5.41) is 3.00. The van der Waals surface area contributed by atoms with Crippen LogP contribution in [0.15, 0.2) is 72.9 Å². The summed E-state index contributed by atoms with van der Waals surface area (Å²) in [5.74, 6) is -1.31. The predicted molar refractivity (Wildman–Crippen MR) is 129 cm³/mol. The second-order valence-electron chi connectivity index (χ2n) is 9.45. The lowest BCUT2D eigenvalue weighted by atomic mass is 9.88. The summed E-state index contributed by atoms with van der Waals surface area (Å²) in [6.45, 7) is 6.14. The number of likely N-dealkylation sites (tertiary alicyclic amines) is 1. The highest BCUT2D eigenvalue weighted by Gasteiger charge is 2.41. The summed E-state index contributed by atoms with van der Waals surface area (Å²) >= 11 is 0. The quantitative estimate of drug-likeness (QED) is 0.523. The summed E-state index contributed by atoms with van der Waals surface area (Å²) in [4.78, 5) is 31.4. The minimum Gasteiger partial charge on any atom is -0.444 e. The summed E-state index contributed by atoms with van der Waals surface area (Å²) in [7, 11) is 0. The monoisotopic (exact) mass is 461 g/mol. The molecule has 1 N–H and O–H groups in total. The Morgan fingerprint density at radius 3 is 2.44 bits per heavy atom. The van der Waals surface area contributed by atoms with Gasteiger partial charge in [-0.05, 0) is 56.2 Å². The number of rotatable bonds is 4. The number of nitrogens with one attached hydrogen (secondary N) is 1. The van der Waals surface area contributed by atoms with E-state index in [0.29, 0.717) is 12.2 Å². The molecule has 1 aliphatic heterocycles. The number of hydrogen-bond acceptors (Lipinski definition) is 4. The molecule has 7 heteroatoms. The topological polar surface area (TPSA) is 71.5 Å². The zero-order valence-electron chi connectivity index (χ0n) is 19.5. The van der Waals surface area contributed by atoms with Gasteiger partial charge in [0.25, 0.3) is 0 Å². The molecule has 0 bridgehead atoms. The van der Waals surface area contributed by atoms with Crippen LogP contribution in [-0.4, -0.2) is 40.6 Å². The van der Waals surface area contributed by atoms with E-state index in [9.17, 15) is 14.0 Å². The molecule has 34 heavy (non-hydrogen) atoms. The van der Waals surface area contributed by atoms with Gasteiger partial charge in [-0.25, -0.2) is 9.78 Å². The fourth-order valence-corrected chi connectivity index (χ4v) is 4.14. The van der Waals surface area contributed by atoms with E-state index < -0.39 is 23.6 Å². The number of benzene rings is 2. The van der Waals surface area contributed by atoms with Crippen molar-refractivity contribution in [2.24, 2.45) is 5.92 Å². The van der Waals surface area contributed by atoms with Gasteiger partial charge in [0, 0.05) is 36.5 Å². The Morgan fingerprint density at radius 2 is 1.76 bits per heavy atom. The van der Waals surface area contributed by atoms with Gasteiger partial charge in [-0.2, -0.15) is 4.39 Å². The molecular formula is C27H28FN3O3. The second-order valence-corrected chi connectivity index (χ2v) is 9.45. The van der Waals surface area contributed by atoms with Gasteiger partial charge in [-0.3, -0.25) is 4.79 Å². The molecule has 0 unspecified atom stereocenters. The van der Waals surface area contributed by atoms with Crippen molar-refractivity contribution in [1.29, 1.82) is 0 Å². The zero-order valence-corrected chi connectivity index (χ0v) is 19.5. The van der Waals surface area contributed by atoms with Crippen molar-refractivity contribution in [1.82, 2.24) is 9.88 Å². The van der Waals surface area contributed by atoms with Crippen molar-refractivity contribution in [3.05, 3.63) is 84.4 Å². The Kier molecular flexibility index (Phi) is 6.63. The van der Waals surface area contributed by atoms with E-state index in [0.717, 1.165) is 16.7 Å². The van der Waals surface area contributed by atoms with Crippen LogP contribution in [-0.2, 0) is 9.53 Å². The Bertz CT molecular complexity index is 1160. The summed E-state index contributed by atoms with van der Waals surface area (Å²) in [5.41, 5.74) is 2.56. The average molecular weight is 462 g/mol. The number of carbonyl (C=O) groups excluding carboxylic acids is 2. The Hall–Kier alpha value is -3.74. The second kappa shape index (κ2) is 9.63. The highest BCUT2D eigenvalue weighted by atomic mass is 19.1. The van der Waals surface area contributed by atoms with Crippen LogP contribution in [0.3, 0.4) is 0 Å². The number of amides is 2. The zero-order chi connectivity index (χ0) is 24.3. The van der Waals surface area contributed by atoms with Crippen LogP contribution in [0.1, 0.15) is 32.3 Å². The molecule has 1 aromatic heterocycles. The van der Waals surface area contributed by atoms with Gasteiger partial charge in [0.2, 0.25) is 11.9 Å². The normalized spacial score (nSPS) is 17.9. The van der Waals surface area contributed by atoms with Crippen molar-refractivity contribution >= 4 is 17.7 Å². The van der Waals surface area contributed by atoms with Gasteiger partial charge < -0.3 is 15.0 Å². The number of nitrogens with zero attached hydrogens (tertiary/aromatic N) is 2. The standard InChI is InChI=1S/C27H28FN3O3/c1-27(2,3)34-26(33)31-16-22(18-8-5-4-6-9-18)23(17-31)25(32)30-21-11-7-10-19(14-21)20-12-13-24(28)29-15-20/h4-15,22-23H,16-17H2,1-3H3,(H,30,32)/t22-,23+/m0/s1. The van der Waals surface area contributed by atoms with Crippen molar-refractivity contribution in [2.75, 3.05) is 18.4 Å². The molecule has 1 aliphatic rings. The molecule has 2 heterocycles. The fourth-order valence-electron chi connectivity index (χ4n) is 4.14. The average Bonchev–Trinajstić information content (AvgIpc) is 3.25. The van der Waals surface area contributed by atoms with E-state index in [-0.39, 0.29) is 18.4 Å². The van der Waals surface area contributed by atoms with E-state index in [4.69, 9.17) is 4.74 Å². The molecule has 176 valence electrons. The molecule has 6 nitrogen and oxygen atoms in total. The highest BCUT2D eigenvalue weighted by molar-refractivity contribution is 5.94. The molecule has 0 aliphatic carbocycles. The molecular weight excluding hydrogens is 433 g/mol. The first-order chi connectivity index (χ1) is 16.2. The largest absolute Gasteiger partial charge is 0.444 e. The maximum absolute atomic E-state index is 13.4. The molecule has 3 aromatic rings. The van der Waals surface area contributed by atoms with E-state index in [1.54, 1.807) is 17.0 Å². The van der Waals surface area contributed by atoms with Crippen molar-refractivity contribution < 1.29 is 18.7 Å². The molecule has 2 amide bonds. The molecule has 0 saturated carbocycles. The maximum atomic E-state index is 13.4. The van der Waals surface area contributed by atoms with Crippen molar-refractivity contribution in [3.63, 3.8) is 0 Å². The summed E-state index contributed by atoms with van der Waals surface area (Å²) < 4.78 is 18.7. The van der Waals surface area contributed by atoms with E-state index in [1.165, 1.54) is 12.3 Å². The van der Waals surface area contributed by atoms with Gasteiger partial charge >= 0.3 is 6.09 Å². The lowest BCUT2D eigenvalue weighted by Crippen LogP contribution is -2.36. The third-order valence-corrected chi connectivity index (χ3v) is 5.73. The summed E-state index contributed by atoms with van der Waals surface area (Å²) in [6, 6.07) is 20.0. The predicted octanol–water partition coefficient (Wildman–Crippen LogP) is 5.48. The molecule has 0 spiro atoms. The number of carbonyl (C=O) groups is 2. The van der Waals surface area contributed by atoms with Crippen molar-refractivity contribution in [3.8, 4) is 11.1 Å². The van der Waals surface area contributed by atoms with Crippen LogP contribution in [0.2, 0.25) is 0 Å². The van der Waals surface area contributed by atoms with Gasteiger partial charge in [0.05, 0.1) is 5.92 Å².